The molecule has 68 valence electrons. The van der Waals surface area contributed by atoms with E-state index in [1.165, 1.54) is 4.88 Å². The summed E-state index contributed by atoms with van der Waals surface area (Å²) in [5, 5.41) is 5.40. The van der Waals surface area contributed by atoms with Crippen molar-refractivity contribution in [2.45, 2.75) is 13.0 Å². The second kappa shape index (κ2) is 4.97. The largest absolute Gasteiger partial charge is 0.329 e. The standard InChI is InChI=1S/C8H13BrN2S/c1-2-11-7(5-10)8-6(9)3-4-12-8/h3-4,7,11H,2,5,10H2,1H3. The molecule has 0 saturated carbocycles. The third kappa shape index (κ3) is 2.29. The van der Waals surface area contributed by atoms with Gasteiger partial charge in [-0.25, -0.2) is 0 Å². The molecule has 1 rings (SSSR count). The van der Waals surface area contributed by atoms with Crippen molar-refractivity contribution in [1.82, 2.24) is 5.32 Å². The van der Waals surface area contributed by atoms with Gasteiger partial charge in [0.05, 0.1) is 6.04 Å². The molecule has 12 heavy (non-hydrogen) atoms. The SMILES string of the molecule is CCNC(CN)c1sccc1Br. The van der Waals surface area contributed by atoms with Crippen molar-refractivity contribution in [3.8, 4) is 0 Å². The van der Waals surface area contributed by atoms with E-state index in [4.69, 9.17) is 5.73 Å². The van der Waals surface area contributed by atoms with Crippen LogP contribution in [0.25, 0.3) is 0 Å². The summed E-state index contributed by atoms with van der Waals surface area (Å²) < 4.78 is 1.16. The minimum absolute atomic E-state index is 0.296. The predicted octanol–water partition coefficient (Wildman–Crippen LogP) is 2.12. The number of hydrogen-bond acceptors (Lipinski definition) is 3. The minimum atomic E-state index is 0.296. The van der Waals surface area contributed by atoms with Crippen molar-refractivity contribution in [1.29, 1.82) is 0 Å². The number of halogens is 1. The molecule has 1 atom stereocenters. The summed E-state index contributed by atoms with van der Waals surface area (Å²) >= 11 is 5.23. The normalized spacial score (nSPS) is 13.2. The summed E-state index contributed by atoms with van der Waals surface area (Å²) in [6.07, 6.45) is 0. The van der Waals surface area contributed by atoms with Crippen molar-refractivity contribution in [2.75, 3.05) is 13.1 Å². The maximum atomic E-state index is 5.64. The van der Waals surface area contributed by atoms with Crippen molar-refractivity contribution in [3.05, 3.63) is 20.8 Å². The zero-order chi connectivity index (χ0) is 8.97. The molecule has 0 aliphatic heterocycles. The Morgan fingerprint density at radius 1 is 1.75 bits per heavy atom. The van der Waals surface area contributed by atoms with Gasteiger partial charge in [-0.1, -0.05) is 6.92 Å². The zero-order valence-electron chi connectivity index (χ0n) is 7.01. The Kier molecular flexibility index (Phi) is 4.21. The van der Waals surface area contributed by atoms with Gasteiger partial charge >= 0.3 is 0 Å². The number of rotatable bonds is 4. The zero-order valence-corrected chi connectivity index (χ0v) is 9.41. The molecule has 0 saturated heterocycles. The Bertz CT molecular complexity index is 237. The van der Waals surface area contributed by atoms with Gasteiger partial charge in [0.1, 0.15) is 0 Å². The Hall–Kier alpha value is 0.100. The van der Waals surface area contributed by atoms with Crippen LogP contribution in [0.15, 0.2) is 15.9 Å². The summed E-state index contributed by atoms with van der Waals surface area (Å²) in [5.41, 5.74) is 5.64. The third-order valence-electron chi connectivity index (χ3n) is 1.65. The van der Waals surface area contributed by atoms with E-state index in [1.54, 1.807) is 11.3 Å². The molecule has 0 fully saturated rings. The predicted molar refractivity (Wildman–Crippen MR) is 57.5 cm³/mol. The van der Waals surface area contributed by atoms with Crippen molar-refractivity contribution in [2.24, 2.45) is 5.73 Å². The average molecular weight is 249 g/mol. The van der Waals surface area contributed by atoms with Crippen LogP contribution in [0, 0.1) is 0 Å². The van der Waals surface area contributed by atoms with Crippen molar-refractivity contribution in [3.63, 3.8) is 0 Å². The lowest BCUT2D eigenvalue weighted by atomic mass is 10.2. The van der Waals surface area contributed by atoms with Crippen LogP contribution in [0.5, 0.6) is 0 Å². The van der Waals surface area contributed by atoms with Crippen LogP contribution in [-0.2, 0) is 0 Å². The molecule has 0 bridgehead atoms. The molecule has 0 radical (unpaired) electrons. The monoisotopic (exact) mass is 248 g/mol. The Balaban J connectivity index is 2.72. The van der Waals surface area contributed by atoms with Crippen LogP contribution in [-0.4, -0.2) is 13.1 Å². The molecule has 0 aromatic carbocycles. The molecule has 0 amide bonds. The molecule has 1 aromatic heterocycles. The maximum Gasteiger partial charge on any atom is 0.0550 e. The third-order valence-corrected chi connectivity index (χ3v) is 3.63. The fraction of sp³-hybridized carbons (Fsp3) is 0.500. The molecule has 1 aromatic rings. The van der Waals surface area contributed by atoms with E-state index >= 15 is 0 Å². The lowest BCUT2D eigenvalue weighted by molar-refractivity contribution is 0.568. The summed E-state index contributed by atoms with van der Waals surface area (Å²) in [6, 6.07) is 2.35. The maximum absolute atomic E-state index is 5.64. The number of hydrogen-bond donors (Lipinski definition) is 2. The molecule has 0 aliphatic carbocycles. The summed E-state index contributed by atoms with van der Waals surface area (Å²) in [7, 11) is 0. The second-order valence-electron chi connectivity index (χ2n) is 2.48. The van der Waals surface area contributed by atoms with Crippen LogP contribution in [0.3, 0.4) is 0 Å². The van der Waals surface area contributed by atoms with Crippen molar-refractivity contribution >= 4 is 27.3 Å². The van der Waals surface area contributed by atoms with E-state index in [0.29, 0.717) is 12.6 Å². The van der Waals surface area contributed by atoms with Crippen LogP contribution < -0.4 is 11.1 Å². The van der Waals surface area contributed by atoms with Crippen LogP contribution in [0.4, 0.5) is 0 Å². The first kappa shape index (κ1) is 10.2. The fourth-order valence-corrected chi connectivity index (χ4v) is 2.82. The van der Waals surface area contributed by atoms with Gasteiger partial charge < -0.3 is 11.1 Å². The summed E-state index contributed by atoms with van der Waals surface area (Å²) in [4.78, 5) is 1.29. The minimum Gasteiger partial charge on any atom is -0.329 e. The van der Waals surface area contributed by atoms with Gasteiger partial charge in [-0.15, -0.1) is 11.3 Å². The van der Waals surface area contributed by atoms with Gasteiger partial charge in [-0.2, -0.15) is 0 Å². The highest BCUT2D eigenvalue weighted by atomic mass is 79.9. The molecular weight excluding hydrogens is 236 g/mol. The molecule has 1 unspecified atom stereocenters. The number of likely N-dealkylation sites (N-methyl/N-ethyl adjacent to an activating group) is 1. The Morgan fingerprint density at radius 3 is 2.92 bits per heavy atom. The van der Waals surface area contributed by atoms with E-state index in [2.05, 4.69) is 39.6 Å². The Labute approximate surface area is 85.3 Å². The molecule has 0 aliphatic rings. The van der Waals surface area contributed by atoms with E-state index in [1.807, 2.05) is 0 Å². The molecule has 0 spiro atoms. The highest BCUT2D eigenvalue weighted by Crippen LogP contribution is 2.28. The van der Waals surface area contributed by atoms with Crippen LogP contribution in [0.2, 0.25) is 0 Å². The van der Waals surface area contributed by atoms with Gasteiger partial charge in [0.2, 0.25) is 0 Å². The first-order valence-corrected chi connectivity index (χ1v) is 5.63. The molecule has 2 nitrogen and oxygen atoms in total. The first-order valence-electron chi connectivity index (χ1n) is 3.96. The highest BCUT2D eigenvalue weighted by molar-refractivity contribution is 9.10. The molecule has 4 heteroatoms. The number of nitrogens with two attached hydrogens (primary N) is 1. The average Bonchev–Trinajstić information content (AvgIpc) is 2.47. The smallest absolute Gasteiger partial charge is 0.0550 e. The Morgan fingerprint density at radius 2 is 2.50 bits per heavy atom. The molecular formula is C8H13BrN2S. The van der Waals surface area contributed by atoms with E-state index in [0.717, 1.165) is 11.0 Å². The molecule has 3 N–H and O–H groups in total. The highest BCUT2D eigenvalue weighted by Gasteiger charge is 2.12. The van der Waals surface area contributed by atoms with Gasteiger partial charge in [0, 0.05) is 15.9 Å². The van der Waals surface area contributed by atoms with E-state index in [9.17, 15) is 0 Å². The van der Waals surface area contributed by atoms with Crippen LogP contribution >= 0.6 is 27.3 Å². The quantitative estimate of drug-likeness (QED) is 0.857. The van der Waals surface area contributed by atoms with Gasteiger partial charge in [0.25, 0.3) is 0 Å². The van der Waals surface area contributed by atoms with Gasteiger partial charge in [-0.3, -0.25) is 0 Å². The second-order valence-corrected chi connectivity index (χ2v) is 4.28. The van der Waals surface area contributed by atoms with Crippen LogP contribution in [0.1, 0.15) is 17.8 Å². The summed E-state index contributed by atoms with van der Waals surface area (Å²) in [5.74, 6) is 0. The summed E-state index contributed by atoms with van der Waals surface area (Å²) in [6.45, 7) is 3.68. The molecule has 1 heterocycles. The van der Waals surface area contributed by atoms with Crippen molar-refractivity contribution < 1.29 is 0 Å². The van der Waals surface area contributed by atoms with Gasteiger partial charge in [-0.05, 0) is 33.9 Å². The number of nitrogens with one attached hydrogen (secondary N) is 1. The van der Waals surface area contributed by atoms with E-state index < -0.39 is 0 Å². The number of thiophene rings is 1. The first-order chi connectivity index (χ1) is 5.79. The lowest BCUT2D eigenvalue weighted by Gasteiger charge is -2.14. The van der Waals surface area contributed by atoms with Gasteiger partial charge in [0.15, 0.2) is 0 Å². The van der Waals surface area contributed by atoms with E-state index in [-0.39, 0.29) is 0 Å². The fourth-order valence-electron chi connectivity index (χ4n) is 1.08. The topological polar surface area (TPSA) is 38.0 Å². The lowest BCUT2D eigenvalue weighted by Crippen LogP contribution is -2.27.